The lowest BCUT2D eigenvalue weighted by Crippen LogP contribution is -2.29. The molecule has 1 aromatic carbocycles. The first-order valence-electron chi connectivity index (χ1n) is 10.2. The minimum atomic E-state index is -0.311. The molecule has 1 aliphatic rings. The number of ether oxygens (including phenoxy) is 1. The van der Waals surface area contributed by atoms with E-state index in [9.17, 15) is 4.79 Å². The zero-order chi connectivity index (χ0) is 21.8. The number of hydrogen-bond acceptors (Lipinski definition) is 7. The lowest BCUT2D eigenvalue weighted by atomic mass is 10.1. The molecule has 0 saturated carbocycles. The number of aromatic nitrogens is 2. The van der Waals surface area contributed by atoms with E-state index in [-0.39, 0.29) is 24.3 Å². The number of oxime groups is 1. The Kier molecular flexibility index (Phi) is 5.48. The highest BCUT2D eigenvalue weighted by Crippen LogP contribution is 2.29. The fourth-order valence-electron chi connectivity index (χ4n) is 3.48. The van der Waals surface area contributed by atoms with Crippen LogP contribution in [0.3, 0.4) is 0 Å². The number of fused-ring (bicyclic) bond motifs is 1. The van der Waals surface area contributed by atoms with Crippen LogP contribution in [0.25, 0.3) is 22.1 Å². The lowest BCUT2D eigenvalue weighted by molar-refractivity contribution is 0.0472. The number of para-hydroxylation sites is 1. The largest absolute Gasteiger partial charge is 0.489 e. The number of rotatable bonds is 7. The third kappa shape index (κ3) is 4.29. The molecule has 5 rings (SSSR count). The Balaban J connectivity index is 1.13. The molecule has 3 aromatic heterocycles. The van der Waals surface area contributed by atoms with Crippen molar-refractivity contribution >= 4 is 22.6 Å². The molecule has 160 valence electrons. The summed E-state index contributed by atoms with van der Waals surface area (Å²) in [5.41, 5.74) is 3.26. The van der Waals surface area contributed by atoms with E-state index >= 15 is 0 Å². The number of nitrogens with zero attached hydrogens (tertiary/aromatic N) is 3. The summed E-state index contributed by atoms with van der Waals surface area (Å²) in [6, 6.07) is 15.2. The predicted molar refractivity (Wildman–Crippen MR) is 118 cm³/mol. The Bertz CT molecular complexity index is 1240. The molecule has 8 nitrogen and oxygen atoms in total. The Morgan fingerprint density at radius 3 is 2.88 bits per heavy atom. The second kappa shape index (κ2) is 8.89. The zero-order valence-corrected chi connectivity index (χ0v) is 17.1. The summed E-state index contributed by atoms with van der Waals surface area (Å²) < 4.78 is 11.5. The first-order chi connectivity index (χ1) is 15.8. The molecule has 8 heteroatoms. The molecule has 0 radical (unpaired) electrons. The van der Waals surface area contributed by atoms with Gasteiger partial charge >= 0.3 is 0 Å². The number of amides is 1. The topological polar surface area (TPSA) is 98.8 Å². The summed E-state index contributed by atoms with van der Waals surface area (Å²) in [7, 11) is 0. The van der Waals surface area contributed by atoms with Gasteiger partial charge in [0.2, 0.25) is 0 Å². The van der Waals surface area contributed by atoms with Crippen LogP contribution in [-0.4, -0.2) is 40.8 Å². The molecule has 0 saturated heterocycles. The van der Waals surface area contributed by atoms with Gasteiger partial charge in [0.15, 0.2) is 17.4 Å². The third-order valence-corrected chi connectivity index (χ3v) is 5.08. The second-order valence-electron chi connectivity index (χ2n) is 7.34. The van der Waals surface area contributed by atoms with Crippen LogP contribution in [0.15, 0.2) is 82.9 Å². The maximum absolute atomic E-state index is 12.4. The van der Waals surface area contributed by atoms with Crippen LogP contribution in [0.4, 0.5) is 0 Å². The van der Waals surface area contributed by atoms with Gasteiger partial charge in [-0.15, -0.1) is 0 Å². The van der Waals surface area contributed by atoms with Crippen molar-refractivity contribution in [1.82, 2.24) is 15.3 Å². The molecule has 1 aliphatic heterocycles. The number of pyridine rings is 2. The Morgan fingerprint density at radius 2 is 2.00 bits per heavy atom. The number of furan rings is 1. The molecule has 32 heavy (non-hydrogen) atoms. The summed E-state index contributed by atoms with van der Waals surface area (Å²) in [6.07, 6.45) is 7.12. The molecule has 0 bridgehead atoms. The Labute approximate surface area is 183 Å². The van der Waals surface area contributed by atoms with Crippen molar-refractivity contribution in [2.45, 2.75) is 12.5 Å². The van der Waals surface area contributed by atoms with Crippen molar-refractivity contribution in [3.8, 4) is 16.9 Å². The highest BCUT2D eigenvalue weighted by atomic mass is 16.7. The normalized spacial score (nSPS) is 15.2. The van der Waals surface area contributed by atoms with E-state index in [2.05, 4.69) is 20.4 Å². The summed E-state index contributed by atoms with van der Waals surface area (Å²) in [6.45, 7) is 0.617. The van der Waals surface area contributed by atoms with Crippen molar-refractivity contribution in [1.29, 1.82) is 0 Å². The summed E-state index contributed by atoms with van der Waals surface area (Å²) in [5, 5.41) is 7.73. The summed E-state index contributed by atoms with van der Waals surface area (Å²) in [5.74, 6) is 0.679. The number of benzene rings is 1. The molecule has 1 unspecified atom stereocenters. The van der Waals surface area contributed by atoms with E-state index in [1.165, 1.54) is 0 Å². The van der Waals surface area contributed by atoms with E-state index in [4.69, 9.17) is 14.0 Å². The van der Waals surface area contributed by atoms with Crippen LogP contribution in [0, 0.1) is 0 Å². The van der Waals surface area contributed by atoms with Crippen LogP contribution in [0.5, 0.6) is 5.75 Å². The van der Waals surface area contributed by atoms with E-state index in [0.717, 1.165) is 28.0 Å². The van der Waals surface area contributed by atoms with Crippen LogP contribution in [-0.2, 0) is 4.84 Å². The fraction of sp³-hybridized carbons (Fsp3) is 0.167. The van der Waals surface area contributed by atoms with Gasteiger partial charge in [0.05, 0.1) is 18.5 Å². The summed E-state index contributed by atoms with van der Waals surface area (Å²) >= 11 is 0. The summed E-state index contributed by atoms with van der Waals surface area (Å²) in [4.78, 5) is 26.0. The van der Waals surface area contributed by atoms with E-state index in [1.807, 2.05) is 36.4 Å². The quantitative estimate of drug-likeness (QED) is 0.480. The molecule has 4 heterocycles. The van der Waals surface area contributed by atoms with Crippen molar-refractivity contribution in [3.63, 3.8) is 0 Å². The van der Waals surface area contributed by atoms with E-state index in [1.54, 1.807) is 36.9 Å². The second-order valence-corrected chi connectivity index (χ2v) is 7.34. The van der Waals surface area contributed by atoms with Crippen LogP contribution < -0.4 is 10.1 Å². The van der Waals surface area contributed by atoms with Crippen molar-refractivity contribution in [2.24, 2.45) is 5.16 Å². The molecule has 4 aromatic rings. The fourth-order valence-corrected chi connectivity index (χ4v) is 3.48. The first-order valence-corrected chi connectivity index (χ1v) is 10.2. The molecule has 0 fully saturated rings. The number of carbonyl (C=O) groups excluding carboxylic acids is 1. The highest BCUT2D eigenvalue weighted by molar-refractivity contribution is 5.98. The third-order valence-electron chi connectivity index (χ3n) is 5.08. The Hall–Kier alpha value is -4.20. The molecule has 1 N–H and O–H groups in total. The first kappa shape index (κ1) is 19.7. The minimum Gasteiger partial charge on any atom is -0.489 e. The van der Waals surface area contributed by atoms with Crippen molar-refractivity contribution < 1.29 is 18.8 Å². The van der Waals surface area contributed by atoms with Gasteiger partial charge in [0.1, 0.15) is 12.4 Å². The lowest BCUT2D eigenvalue weighted by Gasteiger charge is -2.14. The average molecular weight is 428 g/mol. The van der Waals surface area contributed by atoms with Gasteiger partial charge in [0.25, 0.3) is 5.91 Å². The number of hydrogen-bond donors (Lipinski definition) is 1. The van der Waals surface area contributed by atoms with Crippen molar-refractivity contribution in [2.75, 3.05) is 13.2 Å². The van der Waals surface area contributed by atoms with Gasteiger partial charge in [0, 0.05) is 41.5 Å². The number of nitrogens with one attached hydrogen (secondary N) is 1. The zero-order valence-electron chi connectivity index (χ0n) is 17.1. The van der Waals surface area contributed by atoms with Gasteiger partial charge < -0.3 is 19.3 Å². The van der Waals surface area contributed by atoms with Gasteiger partial charge in [-0.2, -0.15) is 0 Å². The van der Waals surface area contributed by atoms with Crippen LogP contribution in [0.1, 0.15) is 17.0 Å². The van der Waals surface area contributed by atoms with E-state index in [0.29, 0.717) is 18.6 Å². The van der Waals surface area contributed by atoms with Gasteiger partial charge in [-0.25, -0.2) is 0 Å². The molecule has 0 aliphatic carbocycles. The van der Waals surface area contributed by atoms with Crippen LogP contribution >= 0.6 is 0 Å². The predicted octanol–water partition coefficient (Wildman–Crippen LogP) is 3.84. The molecular weight excluding hydrogens is 408 g/mol. The maximum Gasteiger partial charge on any atom is 0.287 e. The maximum atomic E-state index is 12.4. The van der Waals surface area contributed by atoms with Gasteiger partial charge in [-0.05, 0) is 24.3 Å². The average Bonchev–Trinajstić information content (AvgIpc) is 3.49. The molecule has 0 spiro atoms. The van der Waals surface area contributed by atoms with Gasteiger partial charge in [-0.3, -0.25) is 14.8 Å². The monoisotopic (exact) mass is 428 g/mol. The minimum absolute atomic E-state index is 0.221. The molecule has 1 atom stereocenters. The van der Waals surface area contributed by atoms with E-state index < -0.39 is 0 Å². The molecular formula is C24H20N4O4. The van der Waals surface area contributed by atoms with Crippen molar-refractivity contribution in [3.05, 3.63) is 79.1 Å². The standard InChI is InChI=1S/C24H20N4O4/c29-24(22-10-16-7-9-26-14-23(16)31-22)27-13-18-11-19(32-28-18)15-30-21-6-2-1-5-20(21)17-4-3-8-25-12-17/h1-10,12,14,19H,11,13,15H2,(H,27,29). The molecule has 1 amide bonds. The number of carbonyl (C=O) groups is 1. The van der Waals surface area contributed by atoms with Gasteiger partial charge in [-0.1, -0.05) is 29.4 Å². The van der Waals surface area contributed by atoms with Crippen LogP contribution in [0.2, 0.25) is 0 Å². The Morgan fingerprint density at radius 1 is 1.09 bits per heavy atom. The SMILES string of the molecule is O=C(NCC1=NOC(COc2ccccc2-c2cccnc2)C1)c1cc2ccncc2o1. The highest BCUT2D eigenvalue weighted by Gasteiger charge is 2.23. The smallest absolute Gasteiger partial charge is 0.287 e.